The lowest BCUT2D eigenvalue weighted by molar-refractivity contribution is -0.115. The first-order valence-electron chi connectivity index (χ1n) is 8.79. The summed E-state index contributed by atoms with van der Waals surface area (Å²) in [5.74, 6) is -0.184. The Balaban J connectivity index is 1.72. The number of hydrogen-bond acceptors (Lipinski definition) is 6. The fourth-order valence-electron chi connectivity index (χ4n) is 2.59. The number of Topliss-reactive ketones (excluding diaryl/α,β-unsaturated/α-hetero) is 1. The Morgan fingerprint density at radius 3 is 2.50 bits per heavy atom. The van der Waals surface area contributed by atoms with Crippen LogP contribution < -0.4 is 5.32 Å². The summed E-state index contributed by atoms with van der Waals surface area (Å²) in [6, 6.07) is 12.9. The largest absolute Gasteiger partial charge is 0.325 e. The lowest BCUT2D eigenvalue weighted by Gasteiger charge is -2.13. The van der Waals surface area contributed by atoms with Crippen molar-refractivity contribution >= 4 is 29.1 Å². The molecule has 0 saturated carbocycles. The Kier molecular flexibility index (Phi) is 5.89. The highest BCUT2D eigenvalue weighted by Crippen LogP contribution is 2.25. The standard InChI is InChI=1S/C20H21N5O2S/c1-12-5-6-13(2)18(11-12)25-20(22-23-24-25)28-15(4)19(27)21-17-9-7-16(8-10-17)14(3)26/h5-11,15H,1-4H3,(H,21,27)/t15-/m0/s1. The van der Waals surface area contributed by atoms with Crippen LogP contribution in [-0.4, -0.2) is 37.1 Å². The quantitative estimate of drug-likeness (QED) is 0.507. The topological polar surface area (TPSA) is 89.8 Å². The van der Waals surface area contributed by atoms with Crippen LogP contribution in [0.3, 0.4) is 0 Å². The van der Waals surface area contributed by atoms with Crippen molar-refractivity contribution in [1.82, 2.24) is 20.2 Å². The number of thioether (sulfide) groups is 1. The van der Waals surface area contributed by atoms with Gasteiger partial charge in [-0.25, -0.2) is 0 Å². The molecule has 0 bridgehead atoms. The lowest BCUT2D eigenvalue weighted by Crippen LogP contribution is -2.23. The third-order valence-corrected chi connectivity index (χ3v) is 5.28. The normalized spacial score (nSPS) is 11.9. The molecule has 1 heterocycles. The summed E-state index contributed by atoms with van der Waals surface area (Å²) in [5, 5.41) is 14.9. The zero-order valence-corrected chi connectivity index (χ0v) is 16.9. The number of carbonyl (C=O) groups is 2. The highest BCUT2D eigenvalue weighted by molar-refractivity contribution is 8.00. The Bertz CT molecular complexity index is 1010. The molecule has 0 aliphatic heterocycles. The number of nitrogens with one attached hydrogen (secondary N) is 1. The summed E-state index contributed by atoms with van der Waals surface area (Å²) in [7, 11) is 0. The van der Waals surface area contributed by atoms with Gasteiger partial charge in [-0.15, -0.1) is 5.10 Å². The molecule has 1 atom stereocenters. The van der Waals surface area contributed by atoms with Gasteiger partial charge in [0.05, 0.1) is 10.9 Å². The van der Waals surface area contributed by atoms with Gasteiger partial charge in [-0.3, -0.25) is 9.59 Å². The molecule has 0 radical (unpaired) electrons. The van der Waals surface area contributed by atoms with Crippen molar-refractivity contribution in [2.24, 2.45) is 0 Å². The van der Waals surface area contributed by atoms with Gasteiger partial charge in [-0.1, -0.05) is 23.9 Å². The monoisotopic (exact) mass is 395 g/mol. The molecule has 0 fully saturated rings. The van der Waals surface area contributed by atoms with E-state index in [-0.39, 0.29) is 11.7 Å². The number of rotatable bonds is 6. The molecule has 28 heavy (non-hydrogen) atoms. The molecule has 1 amide bonds. The smallest absolute Gasteiger partial charge is 0.237 e. The van der Waals surface area contributed by atoms with E-state index in [0.29, 0.717) is 16.4 Å². The minimum Gasteiger partial charge on any atom is -0.325 e. The Morgan fingerprint density at radius 1 is 1.11 bits per heavy atom. The molecule has 144 valence electrons. The first-order valence-corrected chi connectivity index (χ1v) is 9.67. The van der Waals surface area contributed by atoms with Crippen LogP contribution in [0.5, 0.6) is 0 Å². The number of aryl methyl sites for hydroxylation is 2. The molecule has 0 spiro atoms. The summed E-state index contributed by atoms with van der Waals surface area (Å²) in [6.07, 6.45) is 0. The van der Waals surface area contributed by atoms with Gasteiger partial charge in [0.15, 0.2) is 5.78 Å². The van der Waals surface area contributed by atoms with E-state index in [1.807, 2.05) is 32.0 Å². The Labute approximate surface area is 167 Å². The highest BCUT2D eigenvalue weighted by Gasteiger charge is 2.20. The van der Waals surface area contributed by atoms with Crippen LogP contribution >= 0.6 is 11.8 Å². The summed E-state index contributed by atoms with van der Waals surface area (Å²) in [6.45, 7) is 7.30. The lowest BCUT2D eigenvalue weighted by atomic mass is 10.1. The number of anilines is 1. The second-order valence-electron chi connectivity index (χ2n) is 6.55. The van der Waals surface area contributed by atoms with E-state index in [2.05, 4.69) is 20.8 Å². The number of tetrazole rings is 1. The maximum Gasteiger partial charge on any atom is 0.237 e. The van der Waals surface area contributed by atoms with Gasteiger partial charge < -0.3 is 5.32 Å². The van der Waals surface area contributed by atoms with Crippen molar-refractivity contribution in [2.75, 3.05) is 5.32 Å². The third-order valence-electron chi connectivity index (χ3n) is 4.24. The van der Waals surface area contributed by atoms with Gasteiger partial charge in [0, 0.05) is 11.3 Å². The van der Waals surface area contributed by atoms with Gasteiger partial charge in [-0.2, -0.15) is 4.68 Å². The van der Waals surface area contributed by atoms with E-state index in [4.69, 9.17) is 0 Å². The maximum absolute atomic E-state index is 12.5. The summed E-state index contributed by atoms with van der Waals surface area (Å²) in [4.78, 5) is 23.9. The third kappa shape index (κ3) is 4.45. The number of amides is 1. The van der Waals surface area contributed by atoms with Crippen molar-refractivity contribution in [3.8, 4) is 5.69 Å². The van der Waals surface area contributed by atoms with Gasteiger partial charge in [0.25, 0.3) is 0 Å². The minimum absolute atomic E-state index is 0.0138. The molecule has 0 unspecified atom stereocenters. The Hall–Kier alpha value is -3.00. The van der Waals surface area contributed by atoms with Crippen molar-refractivity contribution in [2.45, 2.75) is 38.1 Å². The minimum atomic E-state index is -0.414. The first-order chi connectivity index (χ1) is 13.3. The molecule has 8 heteroatoms. The predicted molar refractivity (Wildman–Crippen MR) is 109 cm³/mol. The number of ketones is 1. The van der Waals surface area contributed by atoms with Crippen LogP contribution in [0.25, 0.3) is 5.69 Å². The molecule has 7 nitrogen and oxygen atoms in total. The zero-order chi connectivity index (χ0) is 20.3. The number of hydrogen-bond donors (Lipinski definition) is 1. The molecule has 3 rings (SSSR count). The number of aromatic nitrogens is 4. The summed E-state index contributed by atoms with van der Waals surface area (Å²) in [5.41, 5.74) is 4.28. The molecule has 3 aromatic rings. The molecular weight excluding hydrogens is 374 g/mol. The van der Waals surface area contributed by atoms with E-state index >= 15 is 0 Å². The molecule has 1 N–H and O–H groups in total. The SMILES string of the molecule is CC(=O)c1ccc(NC(=O)[C@H](C)Sc2nnnn2-c2cc(C)ccc2C)cc1. The number of carbonyl (C=O) groups excluding carboxylic acids is 2. The van der Waals surface area contributed by atoms with Gasteiger partial charge in [-0.05, 0) is 79.6 Å². The molecule has 0 saturated heterocycles. The van der Waals surface area contributed by atoms with Crippen molar-refractivity contribution in [3.05, 3.63) is 59.2 Å². The second-order valence-corrected chi connectivity index (χ2v) is 7.85. The summed E-state index contributed by atoms with van der Waals surface area (Å²) >= 11 is 1.28. The molecular formula is C20H21N5O2S. The molecule has 2 aromatic carbocycles. The number of nitrogens with zero attached hydrogens (tertiary/aromatic N) is 4. The van der Waals surface area contributed by atoms with E-state index in [0.717, 1.165) is 16.8 Å². The highest BCUT2D eigenvalue weighted by atomic mass is 32.2. The molecule has 1 aromatic heterocycles. The average Bonchev–Trinajstić information content (AvgIpc) is 3.12. The molecule has 0 aliphatic carbocycles. The maximum atomic E-state index is 12.5. The van der Waals surface area contributed by atoms with Crippen LogP contribution in [0.2, 0.25) is 0 Å². The van der Waals surface area contributed by atoms with Gasteiger partial charge in [0.1, 0.15) is 0 Å². The van der Waals surface area contributed by atoms with Crippen molar-refractivity contribution in [3.63, 3.8) is 0 Å². The van der Waals surface area contributed by atoms with E-state index in [9.17, 15) is 9.59 Å². The Morgan fingerprint density at radius 2 is 1.82 bits per heavy atom. The predicted octanol–water partition coefficient (Wildman–Crippen LogP) is 3.60. The van der Waals surface area contributed by atoms with Crippen LogP contribution in [0, 0.1) is 13.8 Å². The first kappa shape index (κ1) is 19.8. The van der Waals surface area contributed by atoms with Crippen LogP contribution in [0.1, 0.15) is 35.3 Å². The van der Waals surface area contributed by atoms with Crippen LogP contribution in [-0.2, 0) is 4.79 Å². The van der Waals surface area contributed by atoms with Crippen LogP contribution in [0.15, 0.2) is 47.6 Å². The number of benzene rings is 2. The van der Waals surface area contributed by atoms with E-state index in [1.165, 1.54) is 18.7 Å². The fraction of sp³-hybridized carbons (Fsp3) is 0.250. The van der Waals surface area contributed by atoms with Gasteiger partial charge in [0.2, 0.25) is 11.1 Å². The van der Waals surface area contributed by atoms with E-state index < -0.39 is 5.25 Å². The van der Waals surface area contributed by atoms with Crippen molar-refractivity contribution in [1.29, 1.82) is 0 Å². The molecule has 0 aliphatic rings. The zero-order valence-electron chi connectivity index (χ0n) is 16.1. The fourth-order valence-corrected chi connectivity index (χ4v) is 3.40. The van der Waals surface area contributed by atoms with Gasteiger partial charge >= 0.3 is 0 Å². The van der Waals surface area contributed by atoms with Crippen molar-refractivity contribution < 1.29 is 9.59 Å². The van der Waals surface area contributed by atoms with E-state index in [1.54, 1.807) is 35.9 Å². The average molecular weight is 395 g/mol. The van der Waals surface area contributed by atoms with Crippen LogP contribution in [0.4, 0.5) is 5.69 Å². The second kappa shape index (κ2) is 8.35. The summed E-state index contributed by atoms with van der Waals surface area (Å²) < 4.78 is 1.65.